The fourth-order valence-electron chi connectivity index (χ4n) is 2.62. The summed E-state index contributed by atoms with van der Waals surface area (Å²) in [6.45, 7) is 2.61. The van der Waals surface area contributed by atoms with E-state index in [1.165, 1.54) is 0 Å². The van der Waals surface area contributed by atoms with Gasteiger partial charge in [0.2, 0.25) is 5.92 Å². The Balaban J connectivity index is 1.96. The molecular weight excluding hydrogens is 268 g/mol. The van der Waals surface area contributed by atoms with Crippen LogP contribution in [0.25, 0.3) is 0 Å². The van der Waals surface area contributed by atoms with Crippen molar-refractivity contribution in [2.24, 2.45) is 5.92 Å². The Hall–Kier alpha value is -0.670. The van der Waals surface area contributed by atoms with E-state index in [1.54, 1.807) is 0 Å². The Bertz CT molecular complexity index is 410. The summed E-state index contributed by atoms with van der Waals surface area (Å²) in [7, 11) is 0. The number of alkyl halides is 3. The summed E-state index contributed by atoms with van der Waals surface area (Å²) in [5.41, 5.74) is 0.732. The Morgan fingerprint density at radius 2 is 2.05 bits per heavy atom. The largest absolute Gasteiger partial charge is 0.306 e. The molecule has 1 aliphatic carbocycles. The van der Waals surface area contributed by atoms with Crippen molar-refractivity contribution in [3.63, 3.8) is 0 Å². The van der Waals surface area contributed by atoms with Crippen LogP contribution in [0.15, 0.2) is 30.3 Å². The molecule has 1 aromatic rings. The molecule has 1 N–H and O–H groups in total. The SMILES string of the molecule is CC(CCl)(NCC1CCC(F)(F)C1)c1ccccc1. The van der Waals surface area contributed by atoms with Gasteiger partial charge in [-0.25, -0.2) is 8.78 Å². The number of halogens is 3. The molecule has 2 rings (SSSR count). The lowest BCUT2D eigenvalue weighted by molar-refractivity contribution is 0.00482. The van der Waals surface area contributed by atoms with E-state index in [0.29, 0.717) is 18.8 Å². The van der Waals surface area contributed by atoms with Crippen molar-refractivity contribution < 1.29 is 8.78 Å². The highest BCUT2D eigenvalue weighted by Crippen LogP contribution is 2.38. The normalized spacial score (nSPS) is 25.2. The van der Waals surface area contributed by atoms with Crippen LogP contribution >= 0.6 is 11.6 Å². The van der Waals surface area contributed by atoms with Crippen molar-refractivity contribution >= 4 is 11.6 Å². The van der Waals surface area contributed by atoms with Gasteiger partial charge < -0.3 is 5.32 Å². The smallest absolute Gasteiger partial charge is 0.248 e. The summed E-state index contributed by atoms with van der Waals surface area (Å²) in [5.74, 6) is -2.02. The first-order valence-electron chi connectivity index (χ1n) is 6.69. The van der Waals surface area contributed by atoms with Gasteiger partial charge in [-0.3, -0.25) is 0 Å². The van der Waals surface area contributed by atoms with Crippen molar-refractivity contribution in [1.82, 2.24) is 5.32 Å². The Morgan fingerprint density at radius 1 is 1.37 bits per heavy atom. The molecular formula is C15H20ClF2N. The maximum absolute atomic E-state index is 13.2. The summed E-state index contributed by atoms with van der Waals surface area (Å²) in [6, 6.07) is 9.91. The van der Waals surface area contributed by atoms with Crippen molar-refractivity contribution in [1.29, 1.82) is 0 Å². The average molecular weight is 288 g/mol. The minimum Gasteiger partial charge on any atom is -0.306 e. The quantitative estimate of drug-likeness (QED) is 0.802. The van der Waals surface area contributed by atoms with Crippen molar-refractivity contribution in [2.45, 2.75) is 37.6 Å². The van der Waals surface area contributed by atoms with Gasteiger partial charge in [0.15, 0.2) is 0 Å². The zero-order valence-electron chi connectivity index (χ0n) is 11.1. The number of hydrogen-bond acceptors (Lipinski definition) is 1. The minimum atomic E-state index is -2.48. The van der Waals surface area contributed by atoms with E-state index in [1.807, 2.05) is 37.3 Å². The Labute approximate surface area is 118 Å². The van der Waals surface area contributed by atoms with Crippen LogP contribution in [0.5, 0.6) is 0 Å². The summed E-state index contributed by atoms with van der Waals surface area (Å²) >= 11 is 6.07. The van der Waals surface area contributed by atoms with Gasteiger partial charge in [-0.15, -0.1) is 11.6 Å². The number of hydrogen-bond donors (Lipinski definition) is 1. The first-order chi connectivity index (χ1) is 8.95. The highest BCUT2D eigenvalue weighted by atomic mass is 35.5. The molecule has 0 heterocycles. The van der Waals surface area contributed by atoms with Crippen molar-refractivity contribution in [3.05, 3.63) is 35.9 Å². The molecule has 0 bridgehead atoms. The van der Waals surface area contributed by atoms with Crippen LogP contribution in [0.2, 0.25) is 0 Å². The molecule has 0 aliphatic heterocycles. The monoisotopic (exact) mass is 287 g/mol. The van der Waals surface area contributed by atoms with E-state index in [0.717, 1.165) is 5.56 Å². The van der Waals surface area contributed by atoms with E-state index < -0.39 is 5.92 Å². The third-order valence-electron chi connectivity index (χ3n) is 3.96. The van der Waals surface area contributed by atoms with E-state index in [4.69, 9.17) is 11.6 Å². The molecule has 0 spiro atoms. The summed E-state index contributed by atoms with van der Waals surface area (Å²) < 4.78 is 26.3. The summed E-state index contributed by atoms with van der Waals surface area (Å²) in [5, 5.41) is 3.38. The predicted octanol–water partition coefficient (Wildman–Crippen LogP) is 4.17. The summed E-state index contributed by atoms with van der Waals surface area (Å²) in [6.07, 6.45) is 0.600. The molecule has 0 amide bonds. The topological polar surface area (TPSA) is 12.0 Å². The van der Waals surface area contributed by atoms with E-state index in [9.17, 15) is 8.78 Å². The van der Waals surface area contributed by atoms with Crippen LogP contribution in [0.1, 0.15) is 31.7 Å². The standard InChI is InChI=1S/C15H20ClF2N/c1-14(11-16,13-5-3-2-4-6-13)19-10-12-7-8-15(17,18)9-12/h2-6,12,19H,7-11H2,1H3. The predicted molar refractivity (Wildman–Crippen MR) is 74.8 cm³/mol. The van der Waals surface area contributed by atoms with E-state index >= 15 is 0 Å². The molecule has 0 saturated heterocycles. The van der Waals surface area contributed by atoms with Crippen LogP contribution in [-0.2, 0) is 5.54 Å². The highest BCUT2D eigenvalue weighted by molar-refractivity contribution is 6.18. The molecule has 19 heavy (non-hydrogen) atoms. The molecule has 1 nitrogen and oxygen atoms in total. The second-order valence-corrected chi connectivity index (χ2v) is 5.94. The number of rotatable bonds is 5. The molecule has 1 aromatic carbocycles. The van der Waals surface area contributed by atoms with Gasteiger partial charge in [-0.1, -0.05) is 30.3 Å². The van der Waals surface area contributed by atoms with Crippen LogP contribution in [0.3, 0.4) is 0 Å². The van der Waals surface area contributed by atoms with Crippen LogP contribution in [0.4, 0.5) is 8.78 Å². The van der Waals surface area contributed by atoms with Crippen LogP contribution in [0, 0.1) is 5.92 Å². The molecule has 106 valence electrons. The first-order valence-corrected chi connectivity index (χ1v) is 7.23. The third-order valence-corrected chi connectivity index (χ3v) is 4.50. The van der Waals surface area contributed by atoms with Crippen molar-refractivity contribution in [2.75, 3.05) is 12.4 Å². The number of nitrogens with one attached hydrogen (secondary N) is 1. The lowest BCUT2D eigenvalue weighted by atomic mass is 9.93. The fraction of sp³-hybridized carbons (Fsp3) is 0.600. The molecule has 0 radical (unpaired) electrons. The zero-order chi connectivity index (χ0) is 13.9. The highest BCUT2D eigenvalue weighted by Gasteiger charge is 2.39. The minimum absolute atomic E-state index is 0.00679. The maximum Gasteiger partial charge on any atom is 0.248 e. The Kier molecular flexibility index (Phi) is 4.46. The fourth-order valence-corrected chi connectivity index (χ4v) is 2.87. The number of benzene rings is 1. The van der Waals surface area contributed by atoms with E-state index in [2.05, 4.69) is 5.32 Å². The van der Waals surface area contributed by atoms with Crippen LogP contribution < -0.4 is 5.32 Å². The van der Waals surface area contributed by atoms with Gasteiger partial charge in [0.1, 0.15) is 0 Å². The first kappa shape index (κ1) is 14.7. The lowest BCUT2D eigenvalue weighted by Gasteiger charge is -2.31. The van der Waals surface area contributed by atoms with E-state index in [-0.39, 0.29) is 24.3 Å². The molecule has 2 unspecified atom stereocenters. The molecule has 4 heteroatoms. The van der Waals surface area contributed by atoms with Gasteiger partial charge in [0.05, 0.1) is 5.54 Å². The second-order valence-electron chi connectivity index (χ2n) is 5.68. The Morgan fingerprint density at radius 3 is 2.58 bits per heavy atom. The zero-order valence-corrected chi connectivity index (χ0v) is 11.9. The second kappa shape index (κ2) is 5.76. The van der Waals surface area contributed by atoms with Gasteiger partial charge >= 0.3 is 0 Å². The third kappa shape index (κ3) is 3.67. The molecule has 1 saturated carbocycles. The molecule has 0 aromatic heterocycles. The molecule has 1 fully saturated rings. The van der Waals surface area contributed by atoms with Crippen molar-refractivity contribution in [3.8, 4) is 0 Å². The molecule has 1 aliphatic rings. The molecule has 2 atom stereocenters. The lowest BCUT2D eigenvalue weighted by Crippen LogP contribution is -2.43. The van der Waals surface area contributed by atoms with Crippen LogP contribution in [-0.4, -0.2) is 18.3 Å². The van der Waals surface area contributed by atoms with Gasteiger partial charge in [0.25, 0.3) is 0 Å². The summed E-state index contributed by atoms with van der Waals surface area (Å²) in [4.78, 5) is 0. The average Bonchev–Trinajstić information content (AvgIpc) is 2.77. The van der Waals surface area contributed by atoms with Gasteiger partial charge in [0, 0.05) is 18.7 Å². The maximum atomic E-state index is 13.2. The van der Waals surface area contributed by atoms with Gasteiger partial charge in [-0.2, -0.15) is 0 Å². The van der Waals surface area contributed by atoms with Gasteiger partial charge in [-0.05, 0) is 31.4 Å².